The summed E-state index contributed by atoms with van der Waals surface area (Å²) in [6, 6.07) is 15.3. The van der Waals surface area contributed by atoms with Crippen LogP contribution < -0.4 is 10.2 Å². The van der Waals surface area contributed by atoms with E-state index in [1.165, 1.54) is 18.1 Å². The van der Waals surface area contributed by atoms with E-state index in [9.17, 15) is 4.79 Å². The van der Waals surface area contributed by atoms with Crippen molar-refractivity contribution >= 4 is 51.7 Å². The molecule has 1 aliphatic rings. The molecule has 5 rings (SSSR count). The van der Waals surface area contributed by atoms with Crippen LogP contribution in [0.1, 0.15) is 0 Å². The fourth-order valence-electron chi connectivity index (χ4n) is 3.72. The zero-order chi connectivity index (χ0) is 22.6. The van der Waals surface area contributed by atoms with Gasteiger partial charge in [0.05, 0.1) is 52.6 Å². The van der Waals surface area contributed by atoms with Gasteiger partial charge < -0.3 is 15.0 Å². The van der Waals surface area contributed by atoms with Crippen LogP contribution in [0.2, 0.25) is 5.02 Å². The summed E-state index contributed by atoms with van der Waals surface area (Å²) in [5, 5.41) is 9.52. The molecule has 168 valence electrons. The lowest BCUT2D eigenvalue weighted by molar-refractivity contribution is -0.113. The van der Waals surface area contributed by atoms with Crippen LogP contribution in [0.15, 0.2) is 66.1 Å². The van der Waals surface area contributed by atoms with E-state index in [1.807, 2.05) is 42.5 Å². The van der Waals surface area contributed by atoms with Gasteiger partial charge in [-0.05, 0) is 24.3 Å². The Morgan fingerprint density at radius 3 is 2.64 bits per heavy atom. The molecule has 8 nitrogen and oxygen atoms in total. The molecule has 33 heavy (non-hydrogen) atoms. The van der Waals surface area contributed by atoms with E-state index in [2.05, 4.69) is 25.3 Å². The molecule has 1 N–H and O–H groups in total. The highest BCUT2D eigenvalue weighted by Gasteiger charge is 2.17. The third kappa shape index (κ3) is 4.66. The molecule has 0 atom stereocenters. The first-order chi connectivity index (χ1) is 16.2. The van der Waals surface area contributed by atoms with Crippen molar-refractivity contribution in [2.24, 2.45) is 0 Å². The zero-order valence-electron chi connectivity index (χ0n) is 17.6. The van der Waals surface area contributed by atoms with Crippen LogP contribution in [-0.2, 0) is 9.53 Å². The lowest BCUT2D eigenvalue weighted by Crippen LogP contribution is -2.36. The minimum absolute atomic E-state index is 0.106. The highest BCUT2D eigenvalue weighted by molar-refractivity contribution is 8.00. The molecule has 1 amide bonds. The van der Waals surface area contributed by atoms with Gasteiger partial charge in [-0.1, -0.05) is 47.6 Å². The standard InChI is InChI=1S/C23H21ClN6O2S/c24-17-5-1-3-7-19(17)30-22-16(13-27-30)23(26-15-25-22)33-14-21(31)28-18-6-2-4-8-20(18)29-9-11-32-12-10-29/h1-8,13,15H,9-12,14H2,(H,28,31). The first-order valence-corrected chi connectivity index (χ1v) is 11.8. The van der Waals surface area contributed by atoms with Crippen molar-refractivity contribution in [3.63, 3.8) is 0 Å². The van der Waals surface area contributed by atoms with E-state index in [-0.39, 0.29) is 11.7 Å². The van der Waals surface area contributed by atoms with Crippen LogP contribution in [0.5, 0.6) is 0 Å². The number of ether oxygens (including phenoxy) is 1. The highest BCUT2D eigenvalue weighted by Crippen LogP contribution is 2.29. The minimum Gasteiger partial charge on any atom is -0.378 e. The van der Waals surface area contributed by atoms with Crippen LogP contribution in [0.4, 0.5) is 11.4 Å². The van der Waals surface area contributed by atoms with Crippen LogP contribution >= 0.6 is 23.4 Å². The molecular formula is C23H21ClN6O2S. The maximum Gasteiger partial charge on any atom is 0.234 e. The van der Waals surface area contributed by atoms with Crippen LogP contribution in [-0.4, -0.2) is 57.7 Å². The second-order valence-electron chi connectivity index (χ2n) is 7.38. The van der Waals surface area contributed by atoms with Crippen molar-refractivity contribution in [1.29, 1.82) is 0 Å². The summed E-state index contributed by atoms with van der Waals surface area (Å²) in [5.41, 5.74) is 3.17. The number of morpholine rings is 1. The number of halogens is 1. The Labute approximate surface area is 199 Å². The molecule has 4 aromatic rings. The molecule has 2 aromatic heterocycles. The molecule has 1 fully saturated rings. The fourth-order valence-corrected chi connectivity index (χ4v) is 4.69. The quantitative estimate of drug-likeness (QED) is 0.329. The Kier molecular flexibility index (Phi) is 6.43. The number of rotatable bonds is 6. The molecular weight excluding hydrogens is 460 g/mol. The summed E-state index contributed by atoms with van der Waals surface area (Å²) < 4.78 is 7.13. The van der Waals surface area contributed by atoms with Crippen molar-refractivity contribution in [2.45, 2.75) is 5.03 Å². The lowest BCUT2D eigenvalue weighted by Gasteiger charge is -2.30. The maximum absolute atomic E-state index is 12.8. The summed E-state index contributed by atoms with van der Waals surface area (Å²) in [7, 11) is 0. The number of carbonyl (C=O) groups is 1. The second-order valence-corrected chi connectivity index (χ2v) is 8.75. The number of carbonyl (C=O) groups excluding carboxylic acids is 1. The molecule has 1 saturated heterocycles. The van der Waals surface area contributed by atoms with E-state index >= 15 is 0 Å². The number of hydrogen-bond donors (Lipinski definition) is 1. The molecule has 0 unspecified atom stereocenters. The van der Waals surface area contributed by atoms with Gasteiger partial charge in [0.2, 0.25) is 5.91 Å². The van der Waals surface area contributed by atoms with Crippen molar-refractivity contribution in [3.8, 4) is 5.69 Å². The van der Waals surface area contributed by atoms with Gasteiger partial charge >= 0.3 is 0 Å². The first kappa shape index (κ1) is 21.7. The van der Waals surface area contributed by atoms with E-state index in [0.717, 1.165) is 35.5 Å². The molecule has 0 aliphatic carbocycles. The van der Waals surface area contributed by atoms with E-state index < -0.39 is 0 Å². The third-order valence-corrected chi connectivity index (χ3v) is 6.60. The molecule has 2 aromatic carbocycles. The maximum atomic E-state index is 12.8. The number of hydrogen-bond acceptors (Lipinski definition) is 7. The Morgan fingerprint density at radius 2 is 1.82 bits per heavy atom. The molecule has 3 heterocycles. The van der Waals surface area contributed by atoms with Gasteiger partial charge in [0.15, 0.2) is 5.65 Å². The Morgan fingerprint density at radius 1 is 1.06 bits per heavy atom. The summed E-state index contributed by atoms with van der Waals surface area (Å²) in [4.78, 5) is 23.7. The Hall–Kier alpha value is -3.14. The summed E-state index contributed by atoms with van der Waals surface area (Å²) in [6.07, 6.45) is 3.18. The average Bonchev–Trinajstić information content (AvgIpc) is 3.28. The van der Waals surface area contributed by atoms with Gasteiger partial charge in [-0.2, -0.15) is 5.10 Å². The number of amides is 1. The summed E-state index contributed by atoms with van der Waals surface area (Å²) in [5.74, 6) is 0.104. The van der Waals surface area contributed by atoms with Gasteiger partial charge in [-0.25, -0.2) is 14.6 Å². The number of thioether (sulfide) groups is 1. The molecule has 0 bridgehead atoms. The van der Waals surface area contributed by atoms with Gasteiger partial charge in [0, 0.05) is 13.1 Å². The summed E-state index contributed by atoms with van der Waals surface area (Å²) in [6.45, 7) is 2.97. The molecule has 0 spiro atoms. The lowest BCUT2D eigenvalue weighted by atomic mass is 10.2. The zero-order valence-corrected chi connectivity index (χ0v) is 19.2. The number of para-hydroxylation sites is 3. The summed E-state index contributed by atoms with van der Waals surface area (Å²) >= 11 is 7.68. The third-order valence-electron chi connectivity index (χ3n) is 5.28. The first-order valence-electron chi connectivity index (χ1n) is 10.5. The van der Waals surface area contributed by atoms with Crippen LogP contribution in [0.25, 0.3) is 16.7 Å². The molecule has 1 aliphatic heterocycles. The van der Waals surface area contributed by atoms with Crippen molar-refractivity contribution in [2.75, 3.05) is 42.3 Å². The number of aromatic nitrogens is 4. The van der Waals surface area contributed by atoms with Gasteiger partial charge in [-0.3, -0.25) is 4.79 Å². The number of nitrogens with one attached hydrogen (secondary N) is 1. The van der Waals surface area contributed by atoms with E-state index in [0.29, 0.717) is 28.9 Å². The van der Waals surface area contributed by atoms with E-state index in [4.69, 9.17) is 16.3 Å². The molecule has 0 radical (unpaired) electrons. The van der Waals surface area contributed by atoms with Crippen molar-refractivity contribution in [1.82, 2.24) is 19.7 Å². The van der Waals surface area contributed by atoms with Gasteiger partial charge in [0.1, 0.15) is 11.4 Å². The predicted molar refractivity (Wildman–Crippen MR) is 130 cm³/mol. The second kappa shape index (κ2) is 9.78. The average molecular weight is 481 g/mol. The normalized spacial score (nSPS) is 13.9. The number of anilines is 2. The topological polar surface area (TPSA) is 85.2 Å². The number of nitrogens with zero attached hydrogens (tertiary/aromatic N) is 5. The van der Waals surface area contributed by atoms with E-state index in [1.54, 1.807) is 16.9 Å². The monoisotopic (exact) mass is 480 g/mol. The van der Waals surface area contributed by atoms with Crippen LogP contribution in [0.3, 0.4) is 0 Å². The number of benzene rings is 2. The predicted octanol–water partition coefficient (Wildman–Crippen LogP) is 4.04. The Bertz CT molecular complexity index is 1290. The SMILES string of the molecule is O=C(CSc1ncnc2c1cnn2-c1ccccc1Cl)Nc1ccccc1N1CCOCC1. The van der Waals surface area contributed by atoms with Gasteiger partial charge in [0.25, 0.3) is 0 Å². The smallest absolute Gasteiger partial charge is 0.234 e. The fraction of sp³-hybridized carbons (Fsp3) is 0.217. The largest absolute Gasteiger partial charge is 0.378 e. The molecule has 10 heteroatoms. The number of fused-ring (bicyclic) bond motifs is 1. The Balaban J connectivity index is 1.31. The van der Waals surface area contributed by atoms with Crippen molar-refractivity contribution in [3.05, 3.63) is 66.1 Å². The van der Waals surface area contributed by atoms with Gasteiger partial charge in [-0.15, -0.1) is 0 Å². The van der Waals surface area contributed by atoms with Crippen molar-refractivity contribution < 1.29 is 9.53 Å². The minimum atomic E-state index is -0.106. The molecule has 0 saturated carbocycles. The van der Waals surface area contributed by atoms with Crippen LogP contribution in [0, 0.1) is 0 Å². The highest BCUT2D eigenvalue weighted by atomic mass is 35.5.